The van der Waals surface area contributed by atoms with E-state index in [1.165, 1.54) is 0 Å². The summed E-state index contributed by atoms with van der Waals surface area (Å²) in [7, 11) is 3.20. The van der Waals surface area contributed by atoms with E-state index < -0.39 is 6.04 Å². The van der Waals surface area contributed by atoms with Crippen LogP contribution >= 0.6 is 12.2 Å². The van der Waals surface area contributed by atoms with Crippen molar-refractivity contribution < 1.29 is 19.1 Å². The van der Waals surface area contributed by atoms with Gasteiger partial charge in [-0.2, -0.15) is 0 Å². The van der Waals surface area contributed by atoms with Crippen LogP contribution in [0.5, 0.6) is 11.5 Å². The zero-order chi connectivity index (χ0) is 26.2. The lowest BCUT2D eigenvalue weighted by Gasteiger charge is -2.24. The lowest BCUT2D eigenvalue weighted by Crippen LogP contribution is -2.39. The number of ether oxygens (including phenoxy) is 2. The predicted molar refractivity (Wildman–Crippen MR) is 148 cm³/mol. The molecule has 1 fully saturated rings. The molecule has 3 aromatic carbocycles. The summed E-state index contributed by atoms with van der Waals surface area (Å²) in [5.74, 6) is 0.925. The molecular weight excluding hydrogens is 486 g/mol. The van der Waals surface area contributed by atoms with Gasteiger partial charge in [0.1, 0.15) is 6.04 Å². The van der Waals surface area contributed by atoms with E-state index in [0.29, 0.717) is 48.2 Å². The van der Waals surface area contributed by atoms with Gasteiger partial charge in [-0.15, -0.1) is 0 Å². The first kappa shape index (κ1) is 26.2. The molecule has 0 spiro atoms. The molecule has 3 aromatic rings. The van der Waals surface area contributed by atoms with Crippen LogP contribution in [0.4, 0.5) is 5.69 Å². The second-order valence-corrected chi connectivity index (χ2v) is 9.14. The predicted octanol–water partition coefficient (Wildman–Crippen LogP) is 4.32. The smallest absolute Gasteiger partial charge is 0.252 e. The van der Waals surface area contributed by atoms with E-state index in [0.717, 1.165) is 11.1 Å². The molecule has 37 heavy (non-hydrogen) atoms. The van der Waals surface area contributed by atoms with Gasteiger partial charge in [0.15, 0.2) is 16.6 Å². The summed E-state index contributed by atoms with van der Waals surface area (Å²) in [6, 6.07) is 24.3. The van der Waals surface area contributed by atoms with E-state index in [1.54, 1.807) is 19.1 Å². The number of hydrogen-bond acceptors (Lipinski definition) is 5. The Morgan fingerprint density at radius 3 is 2.19 bits per heavy atom. The Bertz CT molecular complexity index is 1240. The van der Waals surface area contributed by atoms with E-state index in [1.807, 2.05) is 83.8 Å². The normalized spacial score (nSPS) is 15.1. The van der Waals surface area contributed by atoms with E-state index in [2.05, 4.69) is 5.32 Å². The van der Waals surface area contributed by atoms with Crippen molar-refractivity contribution in [2.24, 2.45) is 0 Å². The van der Waals surface area contributed by atoms with Crippen molar-refractivity contribution in [3.63, 3.8) is 0 Å². The molecule has 7 nitrogen and oxygen atoms in total. The summed E-state index contributed by atoms with van der Waals surface area (Å²) >= 11 is 5.77. The highest BCUT2D eigenvalue weighted by Crippen LogP contribution is 2.29. The van der Waals surface area contributed by atoms with Crippen molar-refractivity contribution in [1.82, 2.24) is 9.80 Å². The maximum absolute atomic E-state index is 13.5. The van der Waals surface area contributed by atoms with Crippen LogP contribution in [-0.4, -0.2) is 60.1 Å². The summed E-state index contributed by atoms with van der Waals surface area (Å²) in [6.07, 6.45) is 1.32. The van der Waals surface area contributed by atoms with Crippen molar-refractivity contribution in [3.05, 3.63) is 90.0 Å². The third-order valence-corrected chi connectivity index (χ3v) is 6.85. The number of carbonyl (C=O) groups is 2. The van der Waals surface area contributed by atoms with E-state index >= 15 is 0 Å². The third-order valence-electron chi connectivity index (χ3n) is 6.40. The first-order valence-corrected chi connectivity index (χ1v) is 12.6. The minimum atomic E-state index is -0.660. The maximum atomic E-state index is 13.5. The molecular formula is C29H31N3O4S. The summed E-state index contributed by atoms with van der Waals surface area (Å²) in [5, 5.41) is 3.35. The Labute approximate surface area is 223 Å². The fourth-order valence-corrected chi connectivity index (χ4v) is 4.83. The highest BCUT2D eigenvalue weighted by molar-refractivity contribution is 7.80. The molecule has 1 aliphatic rings. The van der Waals surface area contributed by atoms with Crippen LogP contribution in [0.15, 0.2) is 78.9 Å². The largest absolute Gasteiger partial charge is 0.493 e. The Morgan fingerprint density at radius 2 is 1.51 bits per heavy atom. The van der Waals surface area contributed by atoms with Crippen molar-refractivity contribution in [2.75, 3.05) is 32.6 Å². The van der Waals surface area contributed by atoms with Gasteiger partial charge in [-0.05, 0) is 60.5 Å². The quantitative estimate of drug-likeness (QED) is 0.382. The maximum Gasteiger partial charge on any atom is 0.252 e. The Balaban J connectivity index is 1.50. The molecule has 0 aliphatic carbocycles. The van der Waals surface area contributed by atoms with Gasteiger partial charge in [0.05, 0.1) is 20.6 Å². The highest BCUT2D eigenvalue weighted by Gasteiger charge is 2.42. The molecule has 8 heteroatoms. The molecule has 1 aliphatic heterocycles. The number of thiocarbonyl (C=S) groups is 1. The first-order valence-electron chi connectivity index (χ1n) is 12.2. The minimum absolute atomic E-state index is 0.0155. The molecule has 2 amide bonds. The fraction of sp³-hybridized carbons (Fsp3) is 0.276. The minimum Gasteiger partial charge on any atom is -0.493 e. The second-order valence-electron chi connectivity index (χ2n) is 8.77. The third kappa shape index (κ3) is 6.46. The van der Waals surface area contributed by atoms with Crippen LogP contribution in [0, 0.1) is 0 Å². The topological polar surface area (TPSA) is 71.1 Å². The van der Waals surface area contributed by atoms with Crippen LogP contribution < -0.4 is 14.8 Å². The number of methoxy groups -OCH3 is 2. The van der Waals surface area contributed by atoms with Crippen LogP contribution in [-0.2, 0) is 22.4 Å². The summed E-state index contributed by atoms with van der Waals surface area (Å²) in [4.78, 5) is 29.9. The number of carbonyl (C=O) groups excluding carboxylic acids is 2. The summed E-state index contributed by atoms with van der Waals surface area (Å²) in [6.45, 7) is 0.955. The number of amides is 2. The number of para-hydroxylation sites is 1. The van der Waals surface area contributed by atoms with Crippen LogP contribution in [0.3, 0.4) is 0 Å². The van der Waals surface area contributed by atoms with Gasteiger partial charge in [-0.25, -0.2) is 0 Å². The zero-order valence-electron chi connectivity index (χ0n) is 21.1. The van der Waals surface area contributed by atoms with Crippen molar-refractivity contribution >= 4 is 34.8 Å². The van der Waals surface area contributed by atoms with Crippen molar-refractivity contribution in [1.29, 1.82) is 0 Å². The van der Waals surface area contributed by atoms with E-state index in [-0.39, 0.29) is 18.2 Å². The monoisotopic (exact) mass is 517 g/mol. The molecule has 192 valence electrons. The number of nitrogens with zero attached hydrogens (tertiary/aromatic N) is 2. The van der Waals surface area contributed by atoms with Gasteiger partial charge in [-0.1, -0.05) is 54.6 Å². The van der Waals surface area contributed by atoms with Crippen molar-refractivity contribution in [2.45, 2.75) is 25.3 Å². The first-order chi connectivity index (χ1) is 18.0. The van der Waals surface area contributed by atoms with Gasteiger partial charge in [0.2, 0.25) is 5.91 Å². The number of nitrogens with one attached hydrogen (secondary N) is 1. The molecule has 0 radical (unpaired) electrons. The summed E-state index contributed by atoms with van der Waals surface area (Å²) in [5.41, 5.74) is 2.83. The average Bonchev–Trinajstić information content (AvgIpc) is 3.14. The molecule has 4 rings (SSSR count). The molecule has 0 bridgehead atoms. The number of hydrogen-bond donors (Lipinski definition) is 1. The van der Waals surface area contributed by atoms with Gasteiger partial charge in [-0.3, -0.25) is 14.5 Å². The SMILES string of the molecule is COc1ccc(CCN2C(=S)N(CCc3ccccc3)C(=O)[C@@H]2CC(=O)Nc2ccccc2)cc1OC. The van der Waals surface area contributed by atoms with Gasteiger partial charge >= 0.3 is 0 Å². The van der Waals surface area contributed by atoms with Gasteiger partial charge < -0.3 is 19.7 Å². The second kappa shape index (κ2) is 12.4. The van der Waals surface area contributed by atoms with Crippen LogP contribution in [0.25, 0.3) is 0 Å². The van der Waals surface area contributed by atoms with Crippen molar-refractivity contribution in [3.8, 4) is 11.5 Å². The zero-order valence-corrected chi connectivity index (χ0v) is 21.9. The molecule has 1 saturated heterocycles. The molecule has 1 heterocycles. The number of rotatable bonds is 11. The molecule has 0 unspecified atom stereocenters. The van der Waals surface area contributed by atoms with Crippen LogP contribution in [0.1, 0.15) is 17.5 Å². The molecule has 0 aromatic heterocycles. The van der Waals surface area contributed by atoms with E-state index in [4.69, 9.17) is 21.7 Å². The van der Waals surface area contributed by atoms with Crippen LogP contribution in [0.2, 0.25) is 0 Å². The summed E-state index contributed by atoms with van der Waals surface area (Å²) < 4.78 is 10.8. The average molecular weight is 518 g/mol. The lowest BCUT2D eigenvalue weighted by molar-refractivity contribution is -0.130. The molecule has 1 atom stereocenters. The number of anilines is 1. The highest BCUT2D eigenvalue weighted by atomic mass is 32.1. The Kier molecular flexibility index (Phi) is 8.74. The standard InChI is InChI=1S/C29H31N3O4S/c1-35-25-14-13-22(19-26(25)36-2)16-17-31-24(20-27(33)30-23-11-7-4-8-12-23)28(34)32(29(31)37)18-15-21-9-5-3-6-10-21/h3-14,19,24H,15-18,20H2,1-2H3,(H,30,33)/t24-/m0/s1. The van der Waals surface area contributed by atoms with Gasteiger partial charge in [0.25, 0.3) is 5.91 Å². The number of benzene rings is 3. The molecule has 0 saturated carbocycles. The van der Waals surface area contributed by atoms with E-state index in [9.17, 15) is 9.59 Å². The molecule has 1 N–H and O–H groups in total. The fourth-order valence-electron chi connectivity index (χ4n) is 4.43. The lowest BCUT2D eigenvalue weighted by atomic mass is 10.1. The Hall–Kier alpha value is -3.91. The van der Waals surface area contributed by atoms with Gasteiger partial charge in [0, 0.05) is 18.8 Å². The Morgan fingerprint density at radius 1 is 0.865 bits per heavy atom.